The topological polar surface area (TPSA) is 97.5 Å². The molecule has 2 aromatic rings. The van der Waals surface area contributed by atoms with Gasteiger partial charge >= 0.3 is 6.03 Å². The summed E-state index contributed by atoms with van der Waals surface area (Å²) >= 11 is 0. The molecule has 122 valence electrons. The molecule has 3 atom stereocenters. The number of anilines is 1. The monoisotopic (exact) mass is 315 g/mol. The van der Waals surface area contributed by atoms with Crippen LogP contribution in [-0.2, 0) is 0 Å². The Labute approximate surface area is 134 Å². The standard InChI is InChI=1S/C16H21N5O2/c1-10-8-14(21-23)19-15(17-10)20-16(22)18-13-7-6-11-4-2-3-5-12(11)9-13/h2-7,9-10,14-15,17,19,21,23H,8H2,1H3,(H2,18,20,22). The van der Waals surface area contributed by atoms with E-state index in [1.165, 1.54) is 0 Å². The number of benzene rings is 2. The smallest absolute Gasteiger partial charge is 0.315 e. The van der Waals surface area contributed by atoms with Crippen LogP contribution in [0.15, 0.2) is 42.5 Å². The second-order valence-electron chi connectivity index (χ2n) is 5.75. The summed E-state index contributed by atoms with van der Waals surface area (Å²) < 4.78 is 0. The van der Waals surface area contributed by atoms with Gasteiger partial charge in [0.05, 0.1) is 6.17 Å². The van der Waals surface area contributed by atoms with E-state index in [-0.39, 0.29) is 18.2 Å². The van der Waals surface area contributed by atoms with Crippen LogP contribution in [0.5, 0.6) is 0 Å². The molecule has 0 bridgehead atoms. The number of hydroxylamine groups is 1. The molecule has 1 saturated heterocycles. The lowest BCUT2D eigenvalue weighted by Crippen LogP contribution is -2.67. The van der Waals surface area contributed by atoms with E-state index in [1.807, 2.05) is 49.4 Å². The molecule has 7 heteroatoms. The SMILES string of the molecule is CC1CC(NO)NC(NC(=O)Nc2ccc3ccccc3c2)N1. The number of carbonyl (C=O) groups excluding carboxylic acids is 1. The molecule has 7 nitrogen and oxygen atoms in total. The minimum atomic E-state index is -0.427. The van der Waals surface area contributed by atoms with Gasteiger partial charge in [-0.1, -0.05) is 30.3 Å². The first-order chi connectivity index (χ1) is 11.1. The molecule has 1 heterocycles. The van der Waals surface area contributed by atoms with Crippen molar-refractivity contribution in [3.05, 3.63) is 42.5 Å². The maximum Gasteiger partial charge on any atom is 0.321 e. The van der Waals surface area contributed by atoms with Crippen LogP contribution in [0.1, 0.15) is 13.3 Å². The predicted molar refractivity (Wildman–Crippen MR) is 89.0 cm³/mol. The molecule has 0 radical (unpaired) electrons. The molecule has 3 rings (SSSR count). The Morgan fingerprint density at radius 3 is 2.74 bits per heavy atom. The highest BCUT2D eigenvalue weighted by atomic mass is 16.5. The van der Waals surface area contributed by atoms with E-state index in [9.17, 15) is 4.79 Å². The average Bonchev–Trinajstić information content (AvgIpc) is 2.54. The van der Waals surface area contributed by atoms with Gasteiger partial charge in [-0.3, -0.25) is 10.6 Å². The molecule has 1 aliphatic rings. The molecule has 0 aliphatic carbocycles. The van der Waals surface area contributed by atoms with Crippen LogP contribution in [0.2, 0.25) is 0 Å². The third-order valence-electron chi connectivity index (χ3n) is 3.85. The lowest BCUT2D eigenvalue weighted by atomic mass is 10.1. The lowest BCUT2D eigenvalue weighted by molar-refractivity contribution is 0.0670. The highest BCUT2D eigenvalue weighted by molar-refractivity contribution is 5.93. The minimum Gasteiger partial charge on any atom is -0.315 e. The first kappa shape index (κ1) is 15.7. The molecule has 2 amide bonds. The Morgan fingerprint density at radius 2 is 1.96 bits per heavy atom. The van der Waals surface area contributed by atoms with Crippen LogP contribution in [0.4, 0.5) is 10.5 Å². The molecule has 23 heavy (non-hydrogen) atoms. The number of rotatable bonds is 3. The van der Waals surface area contributed by atoms with Gasteiger partial charge in [-0.05, 0) is 36.2 Å². The van der Waals surface area contributed by atoms with Gasteiger partial charge in [0.1, 0.15) is 6.29 Å². The van der Waals surface area contributed by atoms with Crippen LogP contribution < -0.4 is 26.7 Å². The third-order valence-corrected chi connectivity index (χ3v) is 3.85. The summed E-state index contributed by atoms with van der Waals surface area (Å²) in [5, 5.41) is 23.1. The van der Waals surface area contributed by atoms with Crippen molar-refractivity contribution in [1.82, 2.24) is 21.4 Å². The van der Waals surface area contributed by atoms with E-state index in [1.54, 1.807) is 0 Å². The van der Waals surface area contributed by atoms with Crippen molar-refractivity contribution in [2.24, 2.45) is 0 Å². The second-order valence-corrected chi connectivity index (χ2v) is 5.75. The van der Waals surface area contributed by atoms with Crippen molar-refractivity contribution in [3.8, 4) is 0 Å². The van der Waals surface area contributed by atoms with Crippen LogP contribution in [0.3, 0.4) is 0 Å². The zero-order valence-electron chi connectivity index (χ0n) is 12.8. The summed E-state index contributed by atoms with van der Waals surface area (Å²) in [5.41, 5.74) is 2.91. The first-order valence-electron chi connectivity index (χ1n) is 7.62. The number of carbonyl (C=O) groups is 1. The average molecular weight is 315 g/mol. The molecular weight excluding hydrogens is 294 g/mol. The van der Waals surface area contributed by atoms with Gasteiger partial charge in [0.25, 0.3) is 0 Å². The van der Waals surface area contributed by atoms with E-state index in [2.05, 4.69) is 26.7 Å². The minimum absolute atomic E-state index is 0.159. The summed E-state index contributed by atoms with van der Waals surface area (Å²) in [6, 6.07) is 13.6. The summed E-state index contributed by atoms with van der Waals surface area (Å²) in [6.45, 7) is 1.99. The molecular formula is C16H21N5O2. The van der Waals surface area contributed by atoms with Crippen molar-refractivity contribution < 1.29 is 10.0 Å². The van der Waals surface area contributed by atoms with Crippen LogP contribution >= 0.6 is 0 Å². The zero-order chi connectivity index (χ0) is 16.2. The first-order valence-corrected chi connectivity index (χ1v) is 7.62. The van der Waals surface area contributed by atoms with Gasteiger partial charge in [-0.15, -0.1) is 0 Å². The maximum atomic E-state index is 12.1. The molecule has 1 aliphatic heterocycles. The van der Waals surface area contributed by atoms with Gasteiger partial charge in [0.15, 0.2) is 0 Å². The van der Waals surface area contributed by atoms with Gasteiger partial charge in [-0.2, -0.15) is 5.48 Å². The number of nitrogens with one attached hydrogen (secondary N) is 5. The van der Waals surface area contributed by atoms with Crippen molar-refractivity contribution >= 4 is 22.5 Å². The molecule has 0 spiro atoms. The number of hydrogen-bond acceptors (Lipinski definition) is 5. The van der Waals surface area contributed by atoms with Crippen molar-refractivity contribution in [1.29, 1.82) is 0 Å². The third kappa shape index (κ3) is 3.96. The summed E-state index contributed by atoms with van der Waals surface area (Å²) in [4.78, 5) is 12.1. The van der Waals surface area contributed by atoms with Gasteiger partial charge in [0.2, 0.25) is 0 Å². The Hall–Kier alpha value is -2.19. The van der Waals surface area contributed by atoms with E-state index in [0.29, 0.717) is 6.42 Å². The number of hydrogen-bond donors (Lipinski definition) is 6. The van der Waals surface area contributed by atoms with E-state index in [0.717, 1.165) is 16.5 Å². The molecule has 1 fully saturated rings. The van der Waals surface area contributed by atoms with Gasteiger partial charge in [-0.25, -0.2) is 4.79 Å². The van der Waals surface area contributed by atoms with Crippen LogP contribution in [-0.4, -0.2) is 29.7 Å². The van der Waals surface area contributed by atoms with Crippen LogP contribution in [0, 0.1) is 0 Å². The normalized spacial score (nSPS) is 24.3. The molecule has 6 N–H and O–H groups in total. The Kier molecular flexibility index (Phi) is 4.73. The molecule has 2 aromatic carbocycles. The van der Waals surface area contributed by atoms with Gasteiger partial charge in [0, 0.05) is 11.7 Å². The number of fused-ring (bicyclic) bond motifs is 1. The predicted octanol–water partition coefficient (Wildman–Crippen LogP) is 1.52. The number of amides is 2. The highest BCUT2D eigenvalue weighted by Gasteiger charge is 2.25. The fraction of sp³-hybridized carbons (Fsp3) is 0.312. The lowest BCUT2D eigenvalue weighted by Gasteiger charge is -2.35. The molecule has 0 aromatic heterocycles. The number of urea groups is 1. The Balaban J connectivity index is 1.61. The second kappa shape index (κ2) is 6.93. The quantitative estimate of drug-likeness (QED) is 0.483. The Bertz CT molecular complexity index is 693. The zero-order valence-corrected chi connectivity index (χ0v) is 12.8. The fourth-order valence-electron chi connectivity index (χ4n) is 2.76. The Morgan fingerprint density at radius 1 is 1.17 bits per heavy atom. The largest absolute Gasteiger partial charge is 0.321 e. The summed E-state index contributed by atoms with van der Waals surface area (Å²) in [6.07, 6.45) is 0.0159. The molecule has 3 unspecified atom stereocenters. The van der Waals surface area contributed by atoms with Crippen molar-refractivity contribution in [2.45, 2.75) is 31.8 Å². The maximum absolute atomic E-state index is 12.1. The van der Waals surface area contributed by atoms with E-state index < -0.39 is 6.29 Å². The van der Waals surface area contributed by atoms with Crippen molar-refractivity contribution in [2.75, 3.05) is 5.32 Å². The summed E-state index contributed by atoms with van der Waals surface area (Å²) in [5.74, 6) is 0. The van der Waals surface area contributed by atoms with E-state index in [4.69, 9.17) is 5.21 Å². The molecule has 0 saturated carbocycles. The van der Waals surface area contributed by atoms with Crippen LogP contribution in [0.25, 0.3) is 10.8 Å². The van der Waals surface area contributed by atoms with Gasteiger partial charge < -0.3 is 15.8 Å². The fourth-order valence-corrected chi connectivity index (χ4v) is 2.76. The highest BCUT2D eigenvalue weighted by Crippen LogP contribution is 2.18. The van der Waals surface area contributed by atoms with Crippen molar-refractivity contribution in [3.63, 3.8) is 0 Å². The van der Waals surface area contributed by atoms with E-state index >= 15 is 0 Å². The summed E-state index contributed by atoms with van der Waals surface area (Å²) in [7, 11) is 0.